The first kappa shape index (κ1) is 15.8. The van der Waals surface area contributed by atoms with E-state index < -0.39 is 11.8 Å². The molecule has 1 heterocycles. The Kier molecular flexibility index (Phi) is 4.33. The Balaban J connectivity index is 1.91. The van der Waals surface area contributed by atoms with Gasteiger partial charge in [-0.1, -0.05) is 24.8 Å². The molecule has 3 aromatic rings. The fourth-order valence-electron chi connectivity index (χ4n) is 2.35. The van der Waals surface area contributed by atoms with Gasteiger partial charge in [-0.25, -0.2) is 14.4 Å². The van der Waals surface area contributed by atoms with E-state index in [2.05, 4.69) is 16.5 Å². The van der Waals surface area contributed by atoms with E-state index in [1.165, 1.54) is 12.1 Å². The average Bonchev–Trinajstić information content (AvgIpc) is 2.55. The molecule has 0 aliphatic rings. The molecule has 2 aromatic carbocycles. The van der Waals surface area contributed by atoms with Crippen molar-refractivity contribution in [2.45, 2.75) is 6.92 Å². The Bertz CT molecular complexity index is 875. The molecule has 0 atom stereocenters. The number of halogens is 2. The third-order valence-electron chi connectivity index (χ3n) is 3.54. The first-order valence-corrected chi connectivity index (χ1v) is 7.25. The van der Waals surface area contributed by atoms with E-state index in [1.54, 1.807) is 25.1 Å². The van der Waals surface area contributed by atoms with Crippen LogP contribution in [0.25, 0.3) is 5.57 Å². The predicted octanol–water partition coefficient (Wildman–Crippen LogP) is 4.92. The zero-order valence-electron chi connectivity index (χ0n) is 13.0. The van der Waals surface area contributed by atoms with E-state index in [0.717, 1.165) is 6.33 Å². The first-order chi connectivity index (χ1) is 11.6. The highest BCUT2D eigenvalue weighted by atomic mass is 19.1. The Hall–Kier alpha value is -3.08. The summed E-state index contributed by atoms with van der Waals surface area (Å²) in [6.07, 6.45) is 1.12. The molecule has 0 amide bonds. The van der Waals surface area contributed by atoms with Crippen molar-refractivity contribution in [1.29, 1.82) is 0 Å². The van der Waals surface area contributed by atoms with Crippen LogP contribution in [0.4, 0.5) is 8.78 Å². The van der Waals surface area contributed by atoms with Crippen LogP contribution in [0.15, 0.2) is 61.4 Å². The molecular formula is C19H14F2N2O. The number of rotatable bonds is 4. The largest absolute Gasteiger partial charge is 0.457 e. The molecule has 5 heteroatoms. The van der Waals surface area contributed by atoms with Crippen LogP contribution >= 0.6 is 0 Å². The van der Waals surface area contributed by atoms with Crippen LogP contribution in [0.5, 0.6) is 11.5 Å². The minimum Gasteiger partial charge on any atom is -0.457 e. The van der Waals surface area contributed by atoms with Gasteiger partial charge in [0.1, 0.15) is 23.6 Å². The van der Waals surface area contributed by atoms with E-state index in [0.29, 0.717) is 17.2 Å². The van der Waals surface area contributed by atoms with Crippen LogP contribution in [0.2, 0.25) is 0 Å². The minimum absolute atomic E-state index is 0.105. The van der Waals surface area contributed by atoms with Gasteiger partial charge >= 0.3 is 0 Å². The van der Waals surface area contributed by atoms with E-state index in [9.17, 15) is 8.78 Å². The van der Waals surface area contributed by atoms with E-state index >= 15 is 0 Å². The summed E-state index contributed by atoms with van der Waals surface area (Å²) in [4.78, 5) is 7.43. The minimum atomic E-state index is -0.725. The van der Waals surface area contributed by atoms with Gasteiger partial charge in [0.05, 0.1) is 11.3 Å². The standard InChI is InChI=1S/C19H14F2N2O/c1-12(18-13(2)22-11-23-19(18)21)16-9-8-15(10-17(16)20)24-14-6-4-3-5-7-14/h3-11H,1H2,2H3. The highest BCUT2D eigenvalue weighted by Crippen LogP contribution is 2.30. The summed E-state index contributed by atoms with van der Waals surface area (Å²) in [7, 11) is 0. The van der Waals surface area contributed by atoms with Gasteiger partial charge in [0.25, 0.3) is 0 Å². The SMILES string of the molecule is C=C(c1ccc(Oc2ccccc2)cc1F)c1c(C)ncnc1F. The van der Waals surface area contributed by atoms with Gasteiger partial charge in [0.2, 0.25) is 5.95 Å². The molecule has 0 saturated heterocycles. The van der Waals surface area contributed by atoms with Gasteiger partial charge in [0, 0.05) is 11.6 Å². The maximum Gasteiger partial charge on any atom is 0.224 e. The highest BCUT2D eigenvalue weighted by Gasteiger charge is 2.16. The summed E-state index contributed by atoms with van der Waals surface area (Å²) in [5.41, 5.74) is 0.867. The lowest BCUT2D eigenvalue weighted by Gasteiger charge is -2.12. The normalized spacial score (nSPS) is 10.5. The molecule has 0 saturated carbocycles. The Morgan fingerprint density at radius 1 is 1.00 bits per heavy atom. The van der Waals surface area contributed by atoms with E-state index in [1.807, 2.05) is 18.2 Å². The highest BCUT2D eigenvalue weighted by molar-refractivity contribution is 5.79. The van der Waals surface area contributed by atoms with Crippen molar-refractivity contribution in [2.75, 3.05) is 0 Å². The quantitative estimate of drug-likeness (QED) is 0.639. The lowest BCUT2D eigenvalue weighted by atomic mass is 9.99. The van der Waals surface area contributed by atoms with Gasteiger partial charge in [0.15, 0.2) is 0 Å². The number of benzene rings is 2. The van der Waals surface area contributed by atoms with Gasteiger partial charge in [-0.15, -0.1) is 0 Å². The molecular weight excluding hydrogens is 310 g/mol. The van der Waals surface area contributed by atoms with Crippen molar-refractivity contribution in [3.05, 3.63) is 90.0 Å². The number of aromatic nitrogens is 2. The van der Waals surface area contributed by atoms with Crippen LogP contribution in [0, 0.1) is 18.7 Å². The topological polar surface area (TPSA) is 35.0 Å². The van der Waals surface area contributed by atoms with Gasteiger partial charge in [-0.2, -0.15) is 4.39 Å². The van der Waals surface area contributed by atoms with Crippen LogP contribution in [0.1, 0.15) is 16.8 Å². The maximum absolute atomic E-state index is 14.4. The van der Waals surface area contributed by atoms with Crippen LogP contribution in [0.3, 0.4) is 0 Å². The van der Waals surface area contributed by atoms with Crippen molar-refractivity contribution in [3.63, 3.8) is 0 Å². The third-order valence-corrected chi connectivity index (χ3v) is 3.54. The average molecular weight is 324 g/mol. The van der Waals surface area contributed by atoms with Crippen molar-refractivity contribution in [3.8, 4) is 11.5 Å². The lowest BCUT2D eigenvalue weighted by molar-refractivity contribution is 0.476. The van der Waals surface area contributed by atoms with Gasteiger partial charge in [-0.05, 0) is 36.8 Å². The van der Waals surface area contributed by atoms with Crippen molar-refractivity contribution in [2.24, 2.45) is 0 Å². The van der Waals surface area contributed by atoms with E-state index in [4.69, 9.17) is 4.74 Å². The molecule has 0 fully saturated rings. The molecule has 3 rings (SSSR count). The molecule has 1 aromatic heterocycles. The van der Waals surface area contributed by atoms with Gasteiger partial charge < -0.3 is 4.74 Å². The zero-order chi connectivity index (χ0) is 17.1. The Morgan fingerprint density at radius 2 is 1.75 bits per heavy atom. The summed E-state index contributed by atoms with van der Waals surface area (Å²) in [6, 6.07) is 13.4. The molecule has 0 radical (unpaired) electrons. The lowest BCUT2D eigenvalue weighted by Crippen LogP contribution is -2.01. The summed E-state index contributed by atoms with van der Waals surface area (Å²) in [5.74, 6) is -0.342. The predicted molar refractivity (Wildman–Crippen MR) is 87.8 cm³/mol. The first-order valence-electron chi connectivity index (χ1n) is 7.25. The number of para-hydroxylation sites is 1. The fourth-order valence-corrected chi connectivity index (χ4v) is 2.35. The molecule has 0 spiro atoms. The maximum atomic E-state index is 14.4. The second-order valence-corrected chi connectivity index (χ2v) is 5.16. The second-order valence-electron chi connectivity index (χ2n) is 5.16. The Morgan fingerprint density at radius 3 is 2.42 bits per heavy atom. The summed E-state index contributed by atoms with van der Waals surface area (Å²) in [5, 5.41) is 0. The number of nitrogens with zero attached hydrogens (tertiary/aromatic N) is 2. The van der Waals surface area contributed by atoms with Gasteiger partial charge in [-0.3, -0.25) is 0 Å². The van der Waals surface area contributed by atoms with E-state index in [-0.39, 0.29) is 16.7 Å². The van der Waals surface area contributed by atoms with Crippen molar-refractivity contribution < 1.29 is 13.5 Å². The number of hydrogen-bond donors (Lipinski definition) is 0. The van der Waals surface area contributed by atoms with Crippen molar-refractivity contribution in [1.82, 2.24) is 9.97 Å². The molecule has 24 heavy (non-hydrogen) atoms. The van der Waals surface area contributed by atoms with Crippen LogP contribution in [-0.4, -0.2) is 9.97 Å². The summed E-state index contributed by atoms with van der Waals surface area (Å²) >= 11 is 0. The Labute approximate surface area is 138 Å². The molecule has 0 N–H and O–H groups in total. The third kappa shape index (κ3) is 3.15. The van der Waals surface area contributed by atoms with Crippen molar-refractivity contribution >= 4 is 5.57 Å². The van der Waals surface area contributed by atoms with Crippen LogP contribution in [-0.2, 0) is 0 Å². The molecule has 120 valence electrons. The van der Waals surface area contributed by atoms with Crippen LogP contribution < -0.4 is 4.74 Å². The smallest absolute Gasteiger partial charge is 0.224 e. The summed E-state index contributed by atoms with van der Waals surface area (Å²) < 4.78 is 34.0. The second kappa shape index (κ2) is 6.58. The fraction of sp³-hybridized carbons (Fsp3) is 0.0526. The number of ether oxygens (including phenoxy) is 1. The molecule has 0 unspecified atom stereocenters. The zero-order valence-corrected chi connectivity index (χ0v) is 13.0. The molecule has 3 nitrogen and oxygen atoms in total. The monoisotopic (exact) mass is 324 g/mol. The number of hydrogen-bond acceptors (Lipinski definition) is 3. The molecule has 0 aliphatic heterocycles. The number of aryl methyl sites for hydroxylation is 1. The summed E-state index contributed by atoms with van der Waals surface area (Å²) in [6.45, 7) is 5.41. The molecule has 0 bridgehead atoms. The molecule has 0 aliphatic carbocycles.